The lowest BCUT2D eigenvalue weighted by Gasteiger charge is -2.06. The van der Waals surface area contributed by atoms with Crippen LogP contribution in [0.3, 0.4) is 0 Å². The number of halogens is 1. The predicted molar refractivity (Wildman–Crippen MR) is 63.2 cm³/mol. The summed E-state index contributed by atoms with van der Waals surface area (Å²) in [6.45, 7) is 0. The van der Waals surface area contributed by atoms with Crippen molar-refractivity contribution in [3.8, 4) is 11.3 Å². The Labute approximate surface area is 93.7 Å². The fourth-order valence-corrected chi connectivity index (χ4v) is 1.68. The lowest BCUT2D eigenvalue weighted by Crippen LogP contribution is -1.93. The van der Waals surface area contributed by atoms with E-state index < -0.39 is 0 Å². The molecule has 0 fully saturated rings. The topological polar surface area (TPSA) is 29.9 Å². The minimum absolute atomic E-state index is 0.717. The Morgan fingerprint density at radius 2 is 2.13 bits per heavy atom. The van der Waals surface area contributed by atoms with E-state index in [4.69, 9.17) is 11.6 Å². The molecule has 0 bridgehead atoms. The van der Waals surface area contributed by atoms with Gasteiger partial charge in [0, 0.05) is 36.6 Å². The van der Waals surface area contributed by atoms with Gasteiger partial charge in [-0.2, -0.15) is 5.10 Å². The molecule has 3 nitrogen and oxygen atoms in total. The summed E-state index contributed by atoms with van der Waals surface area (Å²) in [5, 5.41) is 8.19. The third kappa shape index (κ3) is 1.97. The van der Waals surface area contributed by atoms with Gasteiger partial charge in [0.2, 0.25) is 0 Å². The molecule has 0 aliphatic carbocycles. The van der Waals surface area contributed by atoms with Gasteiger partial charge in [0.25, 0.3) is 0 Å². The van der Waals surface area contributed by atoms with Gasteiger partial charge < -0.3 is 5.32 Å². The minimum atomic E-state index is 0.717. The molecule has 2 aromatic rings. The molecule has 1 heterocycles. The van der Waals surface area contributed by atoms with Crippen LogP contribution in [-0.2, 0) is 7.05 Å². The maximum atomic E-state index is 5.97. The quantitative estimate of drug-likeness (QED) is 0.845. The number of rotatable bonds is 2. The van der Waals surface area contributed by atoms with Gasteiger partial charge in [0.05, 0.1) is 5.69 Å². The van der Waals surface area contributed by atoms with Gasteiger partial charge in [-0.1, -0.05) is 11.6 Å². The monoisotopic (exact) mass is 221 g/mol. The number of nitrogens with zero attached hydrogens (tertiary/aromatic N) is 2. The zero-order valence-electron chi connectivity index (χ0n) is 8.66. The Bertz CT molecular complexity index is 476. The Morgan fingerprint density at radius 3 is 2.73 bits per heavy atom. The molecule has 78 valence electrons. The molecule has 0 aliphatic rings. The van der Waals surface area contributed by atoms with Crippen molar-refractivity contribution in [3.05, 3.63) is 35.5 Å². The van der Waals surface area contributed by atoms with Gasteiger partial charge in [-0.15, -0.1) is 0 Å². The van der Waals surface area contributed by atoms with E-state index in [0.717, 1.165) is 22.0 Å². The molecule has 1 aromatic heterocycles. The summed E-state index contributed by atoms with van der Waals surface area (Å²) in [4.78, 5) is 0. The molecule has 1 aromatic carbocycles. The van der Waals surface area contributed by atoms with Gasteiger partial charge in [-0.25, -0.2) is 0 Å². The number of hydrogen-bond acceptors (Lipinski definition) is 2. The normalized spacial score (nSPS) is 10.3. The molecule has 0 atom stereocenters. The molecule has 0 radical (unpaired) electrons. The highest BCUT2D eigenvalue weighted by atomic mass is 35.5. The largest absolute Gasteiger partial charge is 0.388 e. The standard InChI is InChI=1S/C11H12ClN3/c1-13-10-4-3-8(12)7-9(10)11-5-6-15(2)14-11/h3-7,13H,1-2H3. The fourth-order valence-electron chi connectivity index (χ4n) is 1.51. The summed E-state index contributed by atoms with van der Waals surface area (Å²) in [5.41, 5.74) is 2.97. The summed E-state index contributed by atoms with van der Waals surface area (Å²) < 4.78 is 1.77. The summed E-state index contributed by atoms with van der Waals surface area (Å²) >= 11 is 5.97. The maximum absolute atomic E-state index is 5.97. The molecule has 0 spiro atoms. The Kier molecular flexibility index (Phi) is 2.64. The maximum Gasteiger partial charge on any atom is 0.0944 e. The van der Waals surface area contributed by atoms with Crippen LogP contribution in [0.1, 0.15) is 0 Å². The van der Waals surface area contributed by atoms with Gasteiger partial charge >= 0.3 is 0 Å². The Hall–Kier alpha value is -1.48. The Morgan fingerprint density at radius 1 is 1.33 bits per heavy atom. The molecule has 15 heavy (non-hydrogen) atoms. The van der Waals surface area contributed by atoms with Crippen LogP contribution in [0.5, 0.6) is 0 Å². The molecule has 0 aliphatic heterocycles. The van der Waals surface area contributed by atoms with Crippen molar-refractivity contribution in [2.45, 2.75) is 0 Å². The van der Waals surface area contributed by atoms with Crippen LogP contribution in [0.25, 0.3) is 11.3 Å². The molecule has 0 saturated heterocycles. The Balaban J connectivity index is 2.55. The number of benzene rings is 1. The zero-order valence-corrected chi connectivity index (χ0v) is 9.42. The van der Waals surface area contributed by atoms with Crippen LogP contribution in [-0.4, -0.2) is 16.8 Å². The van der Waals surface area contributed by atoms with E-state index in [1.807, 2.05) is 44.6 Å². The highest BCUT2D eigenvalue weighted by Gasteiger charge is 2.07. The van der Waals surface area contributed by atoms with E-state index in [2.05, 4.69) is 10.4 Å². The smallest absolute Gasteiger partial charge is 0.0944 e. The van der Waals surface area contributed by atoms with Crippen molar-refractivity contribution < 1.29 is 0 Å². The molecule has 0 saturated carbocycles. The van der Waals surface area contributed by atoms with E-state index in [1.165, 1.54) is 0 Å². The number of aromatic nitrogens is 2. The first-order valence-electron chi connectivity index (χ1n) is 4.68. The van der Waals surface area contributed by atoms with Crippen molar-refractivity contribution in [1.29, 1.82) is 0 Å². The number of anilines is 1. The summed E-state index contributed by atoms with van der Waals surface area (Å²) in [6.07, 6.45) is 1.91. The van der Waals surface area contributed by atoms with Crippen molar-refractivity contribution >= 4 is 17.3 Å². The fraction of sp³-hybridized carbons (Fsp3) is 0.182. The van der Waals surface area contributed by atoms with Gasteiger partial charge in [-0.3, -0.25) is 4.68 Å². The second-order valence-electron chi connectivity index (χ2n) is 3.31. The molecule has 2 rings (SSSR count). The SMILES string of the molecule is CNc1ccc(Cl)cc1-c1ccn(C)n1. The van der Waals surface area contributed by atoms with Crippen LogP contribution in [0, 0.1) is 0 Å². The van der Waals surface area contributed by atoms with Crippen LogP contribution in [0.15, 0.2) is 30.5 Å². The zero-order chi connectivity index (χ0) is 10.8. The highest BCUT2D eigenvalue weighted by molar-refractivity contribution is 6.31. The molecule has 0 amide bonds. The average Bonchev–Trinajstić information content (AvgIpc) is 2.65. The first-order chi connectivity index (χ1) is 7.20. The number of hydrogen-bond donors (Lipinski definition) is 1. The van der Waals surface area contributed by atoms with Crippen molar-refractivity contribution in [3.63, 3.8) is 0 Å². The van der Waals surface area contributed by atoms with E-state index in [0.29, 0.717) is 0 Å². The van der Waals surface area contributed by atoms with Crippen LogP contribution in [0.2, 0.25) is 5.02 Å². The van der Waals surface area contributed by atoms with E-state index >= 15 is 0 Å². The van der Waals surface area contributed by atoms with Gasteiger partial charge in [0.1, 0.15) is 0 Å². The van der Waals surface area contributed by atoms with Crippen molar-refractivity contribution in [2.75, 3.05) is 12.4 Å². The lowest BCUT2D eigenvalue weighted by molar-refractivity contribution is 0.771. The van der Waals surface area contributed by atoms with Gasteiger partial charge in [0.15, 0.2) is 0 Å². The van der Waals surface area contributed by atoms with Crippen molar-refractivity contribution in [1.82, 2.24) is 9.78 Å². The van der Waals surface area contributed by atoms with E-state index in [1.54, 1.807) is 4.68 Å². The molecular formula is C11H12ClN3. The second-order valence-corrected chi connectivity index (χ2v) is 3.75. The summed E-state index contributed by atoms with van der Waals surface area (Å²) in [7, 11) is 3.78. The third-order valence-electron chi connectivity index (χ3n) is 2.24. The van der Waals surface area contributed by atoms with Gasteiger partial charge in [-0.05, 0) is 24.3 Å². The van der Waals surface area contributed by atoms with Crippen LogP contribution in [0.4, 0.5) is 5.69 Å². The first kappa shape index (κ1) is 10.1. The third-order valence-corrected chi connectivity index (χ3v) is 2.48. The van der Waals surface area contributed by atoms with Crippen molar-refractivity contribution in [2.24, 2.45) is 7.05 Å². The van der Waals surface area contributed by atoms with E-state index in [-0.39, 0.29) is 0 Å². The highest BCUT2D eigenvalue weighted by Crippen LogP contribution is 2.29. The molecule has 4 heteroatoms. The minimum Gasteiger partial charge on any atom is -0.388 e. The number of nitrogens with one attached hydrogen (secondary N) is 1. The van der Waals surface area contributed by atoms with Crippen LogP contribution >= 0.6 is 11.6 Å². The lowest BCUT2D eigenvalue weighted by atomic mass is 10.1. The summed E-state index contributed by atoms with van der Waals surface area (Å²) in [6, 6.07) is 7.69. The molecule has 0 unspecified atom stereocenters. The predicted octanol–water partition coefficient (Wildman–Crippen LogP) is 2.78. The second kappa shape index (κ2) is 3.95. The van der Waals surface area contributed by atoms with Crippen LogP contribution < -0.4 is 5.32 Å². The summed E-state index contributed by atoms with van der Waals surface area (Å²) in [5.74, 6) is 0. The first-order valence-corrected chi connectivity index (χ1v) is 5.06. The number of aryl methyl sites for hydroxylation is 1. The van der Waals surface area contributed by atoms with E-state index in [9.17, 15) is 0 Å². The molecule has 1 N–H and O–H groups in total. The average molecular weight is 222 g/mol. The molecular weight excluding hydrogens is 210 g/mol.